The molecule has 0 saturated carbocycles. The van der Waals surface area contributed by atoms with Crippen LogP contribution in [0.15, 0.2) is 0 Å². The number of hydrogen-bond donors (Lipinski definition) is 1. The maximum Gasteiger partial charge on any atom is 0.303 e. The minimum atomic E-state index is -1.67. The molecule has 1 aliphatic heterocycles. The van der Waals surface area contributed by atoms with Crippen molar-refractivity contribution in [3.8, 4) is 0 Å². The fourth-order valence-corrected chi connectivity index (χ4v) is 9.99. The average molecular weight is 1110 g/mol. The highest BCUT2D eigenvalue weighted by atomic mass is 16.7. The molecule has 1 aliphatic rings. The summed E-state index contributed by atoms with van der Waals surface area (Å²) >= 11 is 0. The Kier molecular flexibility index (Phi) is 41.7. The molecule has 18 nitrogen and oxygen atoms in total. The van der Waals surface area contributed by atoms with Crippen LogP contribution in [0.2, 0.25) is 0 Å². The summed E-state index contributed by atoms with van der Waals surface area (Å²) in [6.45, 7) is 11.3. The zero-order chi connectivity index (χ0) is 57.9. The smallest absolute Gasteiger partial charge is 0.303 e. The summed E-state index contributed by atoms with van der Waals surface area (Å²) in [6, 6.07) is -1.35. The van der Waals surface area contributed by atoms with Gasteiger partial charge in [0.2, 0.25) is 0 Å². The number of unbranched alkanes of at least 4 members (excludes halogenated alkanes) is 28. The summed E-state index contributed by atoms with van der Waals surface area (Å²) in [4.78, 5) is 102. The number of hydrogen-bond acceptors (Lipinski definition) is 17. The lowest BCUT2D eigenvalue weighted by Crippen LogP contribution is -2.63. The van der Waals surface area contributed by atoms with E-state index in [1.165, 1.54) is 143 Å². The van der Waals surface area contributed by atoms with Gasteiger partial charge in [-0.15, -0.1) is 0 Å². The molecule has 0 unspecified atom stereocenters. The van der Waals surface area contributed by atoms with Crippen molar-refractivity contribution in [1.82, 2.24) is 5.32 Å². The third-order valence-electron chi connectivity index (χ3n) is 13.9. The molecule has 1 N–H and O–H groups in total. The van der Waals surface area contributed by atoms with Crippen LogP contribution in [0.5, 0.6) is 0 Å². The molecule has 78 heavy (non-hydrogen) atoms. The first-order chi connectivity index (χ1) is 37.4. The van der Waals surface area contributed by atoms with Gasteiger partial charge in [-0.3, -0.25) is 38.4 Å². The molecule has 1 heterocycles. The van der Waals surface area contributed by atoms with E-state index >= 15 is 0 Å². The quantitative estimate of drug-likeness (QED) is 0.0339. The Morgan fingerprint density at radius 2 is 0.782 bits per heavy atom. The van der Waals surface area contributed by atoms with E-state index in [-0.39, 0.29) is 12.8 Å². The molecule has 1 fully saturated rings. The van der Waals surface area contributed by atoms with Crippen molar-refractivity contribution < 1.29 is 81.0 Å². The van der Waals surface area contributed by atoms with E-state index in [0.717, 1.165) is 85.5 Å². The molecular formula is C60H105NO17. The lowest BCUT2D eigenvalue weighted by atomic mass is 9.97. The van der Waals surface area contributed by atoms with Crippen molar-refractivity contribution >= 4 is 47.7 Å². The van der Waals surface area contributed by atoms with Gasteiger partial charge in [0.1, 0.15) is 18.8 Å². The maximum atomic E-state index is 14.4. The van der Waals surface area contributed by atoms with Crippen LogP contribution >= 0.6 is 0 Å². The minimum absolute atomic E-state index is 0.182. The van der Waals surface area contributed by atoms with Gasteiger partial charge in [-0.25, -0.2) is 0 Å². The molecule has 1 saturated heterocycles. The fraction of sp³-hybridized carbons (Fsp3) is 0.867. The van der Waals surface area contributed by atoms with Crippen molar-refractivity contribution in [3.05, 3.63) is 0 Å². The van der Waals surface area contributed by atoms with Crippen molar-refractivity contribution in [1.29, 1.82) is 0 Å². The molecule has 0 aromatic carbocycles. The largest absolute Gasteiger partial charge is 0.463 e. The van der Waals surface area contributed by atoms with E-state index in [1.54, 1.807) is 0 Å². The lowest BCUT2D eigenvalue weighted by Gasteiger charge is -2.44. The average Bonchev–Trinajstić information content (AvgIpc) is 3.36. The predicted molar refractivity (Wildman–Crippen MR) is 296 cm³/mol. The second-order valence-corrected chi connectivity index (χ2v) is 21.3. The van der Waals surface area contributed by atoms with Crippen molar-refractivity contribution in [2.75, 3.05) is 13.2 Å². The van der Waals surface area contributed by atoms with E-state index in [4.69, 9.17) is 42.6 Å². The van der Waals surface area contributed by atoms with Crippen molar-refractivity contribution in [2.24, 2.45) is 0 Å². The highest BCUT2D eigenvalue weighted by molar-refractivity contribution is 5.83. The first-order valence-electron chi connectivity index (χ1n) is 30.1. The third-order valence-corrected chi connectivity index (χ3v) is 13.9. The van der Waals surface area contributed by atoms with Crippen LogP contribution < -0.4 is 5.32 Å². The summed E-state index contributed by atoms with van der Waals surface area (Å²) in [5.74, 6) is -6.12. The number of carbonyl (C=O) groups is 8. The first kappa shape index (κ1) is 71.7. The van der Waals surface area contributed by atoms with Gasteiger partial charge in [0, 0.05) is 48.5 Å². The van der Waals surface area contributed by atoms with Crippen LogP contribution in [-0.4, -0.2) is 116 Å². The Morgan fingerprint density at radius 3 is 1.17 bits per heavy atom. The molecule has 0 aliphatic carbocycles. The van der Waals surface area contributed by atoms with E-state index in [0.29, 0.717) is 12.8 Å². The van der Waals surface area contributed by atoms with Gasteiger partial charge in [0.25, 0.3) is 5.91 Å². The van der Waals surface area contributed by atoms with Gasteiger partial charge in [0.15, 0.2) is 36.8 Å². The summed E-state index contributed by atoms with van der Waals surface area (Å²) in [6.07, 6.45) is 23.4. The topological polar surface area (TPSA) is 232 Å². The molecule has 0 bridgehead atoms. The molecular weight excluding hydrogens is 1010 g/mol. The maximum absolute atomic E-state index is 14.4. The van der Waals surface area contributed by atoms with E-state index < -0.39 is 116 Å². The Morgan fingerprint density at radius 1 is 0.410 bits per heavy atom. The summed E-state index contributed by atoms with van der Waals surface area (Å²) in [7, 11) is 0. The van der Waals surface area contributed by atoms with Crippen LogP contribution in [0, 0.1) is 0 Å². The molecule has 452 valence electrons. The Labute approximate surface area is 468 Å². The zero-order valence-electron chi connectivity index (χ0n) is 49.7. The van der Waals surface area contributed by atoms with Gasteiger partial charge in [-0.05, 0) is 25.7 Å². The van der Waals surface area contributed by atoms with Gasteiger partial charge in [-0.2, -0.15) is 0 Å². The van der Waals surface area contributed by atoms with E-state index in [9.17, 15) is 38.4 Å². The van der Waals surface area contributed by atoms with Crippen LogP contribution in [0.25, 0.3) is 0 Å². The van der Waals surface area contributed by atoms with Crippen molar-refractivity contribution in [2.45, 2.75) is 323 Å². The number of nitrogens with one attached hydrogen (secondary N) is 1. The number of esters is 7. The highest BCUT2D eigenvalue weighted by Crippen LogP contribution is 2.31. The minimum Gasteiger partial charge on any atom is -0.463 e. The third kappa shape index (κ3) is 36.0. The summed E-state index contributed by atoms with van der Waals surface area (Å²) in [5.41, 5.74) is 0. The number of rotatable bonds is 47. The summed E-state index contributed by atoms with van der Waals surface area (Å²) < 4.78 is 51.8. The SMILES string of the molecule is CCCCCCCCCCCCCCCCCCCC[C@@H](OC(C)=O)C(=O)N[C@@H](CO[C@@H]1O[C@H](COC(C)=O)[C@@H](OC(C)=O)[C@H](OC(C)=O)[C@H]1OC(C)=O)[C@H](OC(C)=O)[C@@H](CCCCCCCCCCCCCC)OC(C)=O. The Hall–Kier alpha value is -4.32. The predicted octanol–water partition coefficient (Wildman–Crippen LogP) is 11.9. The van der Waals surface area contributed by atoms with Gasteiger partial charge in [-0.1, -0.05) is 194 Å². The zero-order valence-corrected chi connectivity index (χ0v) is 49.7. The number of amides is 1. The highest BCUT2D eigenvalue weighted by Gasteiger charge is 2.53. The van der Waals surface area contributed by atoms with Gasteiger partial charge in [0.05, 0.1) is 12.6 Å². The lowest BCUT2D eigenvalue weighted by molar-refractivity contribution is -0.310. The molecule has 1 amide bonds. The molecule has 0 aromatic heterocycles. The normalized spacial score (nSPS) is 18.6. The second-order valence-electron chi connectivity index (χ2n) is 21.3. The van der Waals surface area contributed by atoms with Crippen molar-refractivity contribution in [3.63, 3.8) is 0 Å². The molecule has 1 rings (SSSR count). The number of ether oxygens (including phenoxy) is 9. The van der Waals surface area contributed by atoms with Crippen LogP contribution in [0.4, 0.5) is 0 Å². The first-order valence-corrected chi connectivity index (χ1v) is 30.1. The molecule has 9 atom stereocenters. The fourth-order valence-electron chi connectivity index (χ4n) is 9.99. The monoisotopic (exact) mass is 1110 g/mol. The van der Waals surface area contributed by atoms with Gasteiger partial charge >= 0.3 is 41.8 Å². The second kappa shape index (κ2) is 45.4. The van der Waals surface area contributed by atoms with E-state index in [2.05, 4.69) is 19.2 Å². The van der Waals surface area contributed by atoms with Crippen LogP contribution in [0.3, 0.4) is 0 Å². The molecule has 0 spiro atoms. The van der Waals surface area contributed by atoms with Crippen LogP contribution in [-0.2, 0) is 81.0 Å². The molecule has 0 aromatic rings. The molecule has 18 heteroatoms. The standard InChI is InChI=1S/C60H105NO17/c1-10-12-14-16-18-20-22-24-25-26-27-28-29-31-33-35-37-39-41-53(73-46(5)64)59(69)61-51(55(74-47(6)65)52(72-45(4)63)40-38-36-34-32-30-23-21-19-17-15-13-11-2)42-71-60-58(77-50(9)68)57(76-49(8)67)56(75-48(7)66)54(78-60)43-70-44(3)62/h51-58,60H,10-43H2,1-9H3,(H,61,69)/t51-,52+,53+,54+,55-,56+,57-,58+,60+/m0/s1. The number of carbonyl (C=O) groups excluding carboxylic acids is 8. The summed E-state index contributed by atoms with van der Waals surface area (Å²) in [5, 5.41) is 2.86. The van der Waals surface area contributed by atoms with Gasteiger partial charge < -0.3 is 47.9 Å². The Bertz CT molecular complexity index is 1680. The Balaban J connectivity index is 3.37. The van der Waals surface area contributed by atoms with Crippen LogP contribution in [0.1, 0.15) is 268 Å². The van der Waals surface area contributed by atoms with E-state index in [1.807, 2.05) is 0 Å². The molecule has 0 radical (unpaired) electrons.